The first-order valence-electron chi connectivity index (χ1n) is 9.49. The first-order valence-corrected chi connectivity index (χ1v) is 9.86. The van der Waals surface area contributed by atoms with Gasteiger partial charge in [-0.15, -0.1) is 0 Å². The Morgan fingerprint density at radius 1 is 1.34 bits per heavy atom. The predicted molar refractivity (Wildman–Crippen MR) is 111 cm³/mol. The Bertz CT molecular complexity index is 1050. The lowest BCUT2D eigenvalue weighted by Gasteiger charge is -2.34. The predicted octanol–water partition coefficient (Wildman–Crippen LogP) is 3.83. The maximum absolute atomic E-state index is 13.6. The highest BCUT2D eigenvalue weighted by Gasteiger charge is 2.28. The molecule has 1 fully saturated rings. The van der Waals surface area contributed by atoms with E-state index in [4.69, 9.17) is 22.1 Å². The van der Waals surface area contributed by atoms with Crippen LogP contribution in [0.3, 0.4) is 0 Å². The third-order valence-corrected chi connectivity index (χ3v) is 5.47. The van der Waals surface area contributed by atoms with Crippen molar-refractivity contribution in [3.05, 3.63) is 52.8 Å². The van der Waals surface area contributed by atoms with Crippen molar-refractivity contribution >= 4 is 34.2 Å². The van der Waals surface area contributed by atoms with Gasteiger partial charge in [0.2, 0.25) is 5.91 Å². The summed E-state index contributed by atoms with van der Waals surface area (Å²) < 4.78 is 21.1. The SMILES string of the molecule is COc1nc2cc(N)ccc2n1[C@H]1CCCN(C(=O)Cc2cc(F)cc(Cl)c2)C1. The minimum Gasteiger partial charge on any atom is -0.468 e. The van der Waals surface area contributed by atoms with Crippen LogP contribution in [0.5, 0.6) is 6.01 Å². The van der Waals surface area contributed by atoms with Crippen molar-refractivity contribution in [1.82, 2.24) is 14.5 Å². The molecule has 0 radical (unpaired) electrons. The van der Waals surface area contributed by atoms with Gasteiger partial charge < -0.3 is 15.4 Å². The van der Waals surface area contributed by atoms with Crippen LogP contribution < -0.4 is 10.5 Å². The summed E-state index contributed by atoms with van der Waals surface area (Å²) in [6.07, 6.45) is 1.88. The number of halogens is 2. The van der Waals surface area contributed by atoms with Crippen molar-refractivity contribution in [1.29, 1.82) is 0 Å². The molecule has 0 spiro atoms. The van der Waals surface area contributed by atoms with Gasteiger partial charge >= 0.3 is 0 Å². The number of likely N-dealkylation sites (tertiary alicyclic amines) is 1. The van der Waals surface area contributed by atoms with Gasteiger partial charge in [-0.3, -0.25) is 9.36 Å². The monoisotopic (exact) mass is 416 g/mol. The fourth-order valence-electron chi connectivity index (χ4n) is 3.98. The molecular formula is C21H22ClFN4O2. The van der Waals surface area contributed by atoms with E-state index in [0.717, 1.165) is 23.9 Å². The smallest absolute Gasteiger partial charge is 0.297 e. The van der Waals surface area contributed by atoms with Crippen molar-refractivity contribution in [3.63, 3.8) is 0 Å². The van der Waals surface area contributed by atoms with Crippen LogP contribution in [0.25, 0.3) is 11.0 Å². The summed E-state index contributed by atoms with van der Waals surface area (Å²) in [5.41, 5.74) is 8.78. The molecule has 2 N–H and O–H groups in total. The zero-order valence-corrected chi connectivity index (χ0v) is 16.8. The molecule has 1 aliphatic rings. The molecule has 1 aliphatic heterocycles. The van der Waals surface area contributed by atoms with Crippen molar-refractivity contribution in [2.75, 3.05) is 25.9 Å². The number of rotatable bonds is 4. The number of carbonyl (C=O) groups excluding carboxylic acids is 1. The van der Waals surface area contributed by atoms with Gasteiger partial charge in [0.15, 0.2) is 0 Å². The van der Waals surface area contributed by atoms with Gasteiger partial charge in [0.1, 0.15) is 5.82 Å². The van der Waals surface area contributed by atoms with Gasteiger partial charge in [0, 0.05) is 23.8 Å². The van der Waals surface area contributed by atoms with E-state index in [9.17, 15) is 9.18 Å². The Hall–Kier alpha value is -2.80. The molecule has 0 unspecified atom stereocenters. The van der Waals surface area contributed by atoms with Crippen molar-refractivity contribution < 1.29 is 13.9 Å². The van der Waals surface area contributed by atoms with E-state index < -0.39 is 5.82 Å². The molecule has 6 nitrogen and oxygen atoms in total. The first-order chi connectivity index (χ1) is 13.9. The van der Waals surface area contributed by atoms with E-state index in [2.05, 4.69) is 4.98 Å². The second kappa shape index (κ2) is 7.91. The summed E-state index contributed by atoms with van der Waals surface area (Å²) in [5, 5.41) is 0.290. The van der Waals surface area contributed by atoms with Crippen molar-refractivity contribution in [3.8, 4) is 6.01 Å². The molecule has 0 aliphatic carbocycles. The Morgan fingerprint density at radius 3 is 2.93 bits per heavy atom. The van der Waals surface area contributed by atoms with E-state index in [-0.39, 0.29) is 18.4 Å². The Morgan fingerprint density at radius 2 is 2.17 bits per heavy atom. The number of piperidine rings is 1. The van der Waals surface area contributed by atoms with Crippen LogP contribution in [0.2, 0.25) is 5.02 Å². The molecule has 8 heteroatoms. The molecule has 1 amide bonds. The number of nitrogen functional groups attached to an aromatic ring is 1. The van der Waals surface area contributed by atoms with Gasteiger partial charge in [-0.1, -0.05) is 11.6 Å². The zero-order valence-electron chi connectivity index (χ0n) is 16.1. The Kier molecular flexibility index (Phi) is 5.32. The first kappa shape index (κ1) is 19.5. The summed E-state index contributed by atoms with van der Waals surface area (Å²) in [6, 6.07) is 10.3. The number of nitrogens with zero attached hydrogens (tertiary/aromatic N) is 3. The van der Waals surface area contributed by atoms with Crippen LogP contribution >= 0.6 is 11.6 Å². The molecular weight excluding hydrogens is 395 g/mol. The number of imidazole rings is 1. The molecule has 0 bridgehead atoms. The number of anilines is 1. The summed E-state index contributed by atoms with van der Waals surface area (Å²) in [4.78, 5) is 19.2. The molecule has 2 heterocycles. The standard InChI is InChI=1S/C21H22ClFN4O2/c1-29-21-25-18-11-16(24)4-5-19(18)27(21)17-3-2-6-26(12-17)20(28)9-13-7-14(22)10-15(23)8-13/h4-5,7-8,10-11,17H,2-3,6,9,12,24H2,1H3/t17-/m0/s1. The normalized spacial score (nSPS) is 16.9. The van der Waals surface area contributed by atoms with Crippen LogP contribution in [0.15, 0.2) is 36.4 Å². The number of carbonyl (C=O) groups is 1. The fourth-order valence-corrected chi connectivity index (χ4v) is 4.23. The van der Waals surface area contributed by atoms with Gasteiger partial charge in [0.25, 0.3) is 6.01 Å². The maximum Gasteiger partial charge on any atom is 0.297 e. The highest BCUT2D eigenvalue weighted by molar-refractivity contribution is 6.30. The number of benzene rings is 2. The van der Waals surface area contributed by atoms with Crippen molar-refractivity contribution in [2.24, 2.45) is 0 Å². The Balaban J connectivity index is 1.57. The maximum atomic E-state index is 13.6. The molecule has 4 rings (SSSR count). The topological polar surface area (TPSA) is 73.4 Å². The number of ether oxygens (including phenoxy) is 1. The molecule has 3 aromatic rings. The quantitative estimate of drug-likeness (QED) is 0.656. The van der Waals surface area contributed by atoms with Crippen LogP contribution in [0, 0.1) is 5.82 Å². The molecule has 0 saturated carbocycles. The number of aromatic nitrogens is 2. The van der Waals surface area contributed by atoms with E-state index in [1.54, 1.807) is 13.2 Å². The zero-order chi connectivity index (χ0) is 20.5. The molecule has 1 saturated heterocycles. The van der Waals surface area contributed by atoms with Gasteiger partial charge in [-0.05, 0) is 54.8 Å². The molecule has 1 atom stereocenters. The summed E-state index contributed by atoms with van der Waals surface area (Å²) >= 11 is 5.91. The minimum absolute atomic E-state index is 0.0346. The van der Waals surface area contributed by atoms with Crippen molar-refractivity contribution in [2.45, 2.75) is 25.3 Å². The number of nitrogens with two attached hydrogens (primary N) is 1. The summed E-state index contributed by atoms with van der Waals surface area (Å²) in [6.45, 7) is 1.20. The number of fused-ring (bicyclic) bond motifs is 1. The van der Waals surface area contributed by atoms with E-state index in [1.807, 2.05) is 27.7 Å². The summed E-state index contributed by atoms with van der Waals surface area (Å²) in [5.74, 6) is -0.491. The lowest BCUT2D eigenvalue weighted by molar-refractivity contribution is -0.132. The molecule has 152 valence electrons. The second-order valence-corrected chi connectivity index (χ2v) is 7.74. The van der Waals surface area contributed by atoms with Gasteiger partial charge in [-0.25, -0.2) is 4.39 Å². The number of hydrogen-bond donors (Lipinski definition) is 1. The van der Waals surface area contributed by atoms with E-state index in [0.29, 0.717) is 35.4 Å². The largest absolute Gasteiger partial charge is 0.468 e. The molecule has 1 aromatic heterocycles. The van der Waals surface area contributed by atoms with Crippen LogP contribution in [-0.2, 0) is 11.2 Å². The van der Waals surface area contributed by atoms with Crippen LogP contribution in [0.1, 0.15) is 24.4 Å². The minimum atomic E-state index is -0.439. The molecule has 29 heavy (non-hydrogen) atoms. The number of methoxy groups -OCH3 is 1. The number of amides is 1. The fraction of sp³-hybridized carbons (Fsp3) is 0.333. The third-order valence-electron chi connectivity index (χ3n) is 5.26. The van der Waals surface area contributed by atoms with Gasteiger partial charge in [0.05, 0.1) is 30.6 Å². The number of hydrogen-bond acceptors (Lipinski definition) is 4. The van der Waals surface area contributed by atoms with Crippen LogP contribution in [-0.4, -0.2) is 40.6 Å². The van der Waals surface area contributed by atoms with Gasteiger partial charge in [-0.2, -0.15) is 4.98 Å². The average Bonchev–Trinajstić information content (AvgIpc) is 3.04. The summed E-state index contributed by atoms with van der Waals surface area (Å²) in [7, 11) is 1.58. The average molecular weight is 417 g/mol. The Labute approximate surface area is 173 Å². The molecule has 2 aromatic carbocycles. The van der Waals surface area contributed by atoms with Crippen LogP contribution in [0.4, 0.5) is 10.1 Å². The second-order valence-electron chi connectivity index (χ2n) is 7.31. The highest BCUT2D eigenvalue weighted by Crippen LogP contribution is 2.32. The third kappa shape index (κ3) is 4.00. The highest BCUT2D eigenvalue weighted by atomic mass is 35.5. The van der Waals surface area contributed by atoms with E-state index >= 15 is 0 Å². The van der Waals surface area contributed by atoms with E-state index in [1.165, 1.54) is 12.1 Å². The lowest BCUT2D eigenvalue weighted by Crippen LogP contribution is -2.41. The lowest BCUT2D eigenvalue weighted by atomic mass is 10.0.